The van der Waals surface area contributed by atoms with Gasteiger partial charge in [-0.05, 0) is 65.9 Å². The number of nitrogens with zero attached hydrogens (tertiary/aromatic N) is 2. The van der Waals surface area contributed by atoms with Crippen molar-refractivity contribution in [3.8, 4) is 16.8 Å². The summed E-state index contributed by atoms with van der Waals surface area (Å²) >= 11 is 0. The van der Waals surface area contributed by atoms with Crippen molar-refractivity contribution >= 4 is 17.0 Å². The second-order valence-electron chi connectivity index (χ2n) is 6.80. The first-order chi connectivity index (χ1) is 13.0. The minimum Gasteiger partial charge on any atom is -1.00 e. The number of hydrogen-bond acceptors (Lipinski definition) is 2. The van der Waals surface area contributed by atoms with Crippen LogP contribution in [0.5, 0.6) is 0 Å². The van der Waals surface area contributed by atoms with Gasteiger partial charge in [-0.3, -0.25) is 9.36 Å². The Kier molecular flexibility index (Phi) is 5.74. The van der Waals surface area contributed by atoms with Crippen molar-refractivity contribution in [3.63, 3.8) is 0 Å². The second kappa shape index (κ2) is 8.06. The maximum absolute atomic E-state index is 10.8. The molecule has 0 aliphatic heterocycles. The number of carbonyl (C=O) groups is 1. The van der Waals surface area contributed by atoms with Gasteiger partial charge in [-0.1, -0.05) is 36.4 Å². The predicted octanol–water partition coefficient (Wildman–Crippen LogP) is 2.05. The molecule has 4 nitrogen and oxygen atoms in total. The first-order valence-electron chi connectivity index (χ1n) is 8.88. The number of carboxylic acids is 1. The standard InChI is InChI=1S/C23H20N2O2.Li.H/c1-15-4-3-5-20(16(15)2)18-8-11-22-21(13-18)24-14-25(22)19-9-6-17(7-10-19)12-23(26)27;;/h3-11,13-14H,12H2,1-2H3,(H,26,27);;/q;+1;-1. The van der Waals surface area contributed by atoms with Gasteiger partial charge in [0.15, 0.2) is 0 Å². The molecule has 0 aliphatic rings. The van der Waals surface area contributed by atoms with Crippen LogP contribution in [0, 0.1) is 13.8 Å². The Hall–Kier alpha value is -2.80. The summed E-state index contributed by atoms with van der Waals surface area (Å²) in [6, 6.07) is 20.2. The molecule has 0 atom stereocenters. The molecule has 0 fully saturated rings. The van der Waals surface area contributed by atoms with Gasteiger partial charge in [-0.2, -0.15) is 0 Å². The Morgan fingerprint density at radius 3 is 2.54 bits per heavy atom. The molecule has 4 rings (SSSR count). The molecule has 0 radical (unpaired) electrons. The zero-order valence-electron chi connectivity index (χ0n) is 17.3. The van der Waals surface area contributed by atoms with Gasteiger partial charge in [-0.25, -0.2) is 4.98 Å². The number of rotatable bonds is 4. The van der Waals surface area contributed by atoms with Crippen molar-refractivity contribution in [1.82, 2.24) is 9.55 Å². The molecule has 0 aliphatic carbocycles. The Morgan fingerprint density at radius 2 is 1.82 bits per heavy atom. The average Bonchev–Trinajstić information content (AvgIpc) is 3.07. The van der Waals surface area contributed by atoms with Crippen LogP contribution in [0.2, 0.25) is 0 Å². The second-order valence-corrected chi connectivity index (χ2v) is 6.80. The molecule has 0 saturated heterocycles. The summed E-state index contributed by atoms with van der Waals surface area (Å²) in [6.07, 6.45) is 1.84. The Balaban J connectivity index is 0.00000150. The first kappa shape index (κ1) is 19.9. The minimum atomic E-state index is -0.824. The first-order valence-corrected chi connectivity index (χ1v) is 8.88. The zero-order chi connectivity index (χ0) is 19.0. The molecule has 0 bridgehead atoms. The number of aryl methyl sites for hydroxylation is 1. The van der Waals surface area contributed by atoms with E-state index in [4.69, 9.17) is 5.11 Å². The van der Waals surface area contributed by atoms with E-state index < -0.39 is 5.97 Å². The number of imidazole rings is 1. The normalized spacial score (nSPS) is 10.6. The van der Waals surface area contributed by atoms with E-state index in [1.165, 1.54) is 16.7 Å². The van der Waals surface area contributed by atoms with Crippen LogP contribution in [0.1, 0.15) is 18.1 Å². The third kappa shape index (κ3) is 3.75. The average molecular weight is 364 g/mol. The number of aliphatic carboxylic acids is 1. The van der Waals surface area contributed by atoms with E-state index in [2.05, 4.69) is 55.2 Å². The molecule has 3 aromatic carbocycles. The van der Waals surface area contributed by atoms with E-state index >= 15 is 0 Å². The number of hydrogen-bond donors (Lipinski definition) is 1. The Bertz CT molecular complexity index is 1150. The number of fused-ring (bicyclic) bond motifs is 1. The molecule has 1 N–H and O–H groups in total. The van der Waals surface area contributed by atoms with Gasteiger partial charge in [0.1, 0.15) is 6.33 Å². The summed E-state index contributed by atoms with van der Waals surface area (Å²) in [7, 11) is 0. The van der Waals surface area contributed by atoms with Crippen molar-refractivity contribution in [2.45, 2.75) is 20.3 Å². The van der Waals surface area contributed by atoms with Gasteiger partial charge in [0.25, 0.3) is 0 Å². The molecule has 1 aromatic heterocycles. The third-order valence-electron chi connectivity index (χ3n) is 5.03. The molecule has 0 saturated carbocycles. The van der Waals surface area contributed by atoms with Gasteiger partial charge < -0.3 is 6.53 Å². The predicted molar refractivity (Wildman–Crippen MR) is 108 cm³/mol. The van der Waals surface area contributed by atoms with E-state index in [1.807, 2.05) is 35.2 Å². The Labute approximate surface area is 177 Å². The van der Waals surface area contributed by atoms with Crippen LogP contribution in [-0.4, -0.2) is 20.6 Å². The fourth-order valence-electron chi connectivity index (χ4n) is 3.40. The molecular formula is C23H21LiN2O2. The minimum absolute atomic E-state index is 0. The van der Waals surface area contributed by atoms with Crippen molar-refractivity contribution < 1.29 is 30.2 Å². The maximum atomic E-state index is 10.8. The summed E-state index contributed by atoms with van der Waals surface area (Å²) in [5.74, 6) is -0.824. The van der Waals surface area contributed by atoms with E-state index in [0.29, 0.717) is 0 Å². The monoisotopic (exact) mass is 364 g/mol. The maximum Gasteiger partial charge on any atom is 1.00 e. The fraction of sp³-hybridized carbons (Fsp3) is 0.130. The summed E-state index contributed by atoms with van der Waals surface area (Å²) in [5.41, 5.74) is 8.65. The van der Waals surface area contributed by atoms with Gasteiger partial charge >= 0.3 is 24.8 Å². The van der Waals surface area contributed by atoms with E-state index in [-0.39, 0.29) is 26.7 Å². The smallest absolute Gasteiger partial charge is 1.00 e. The molecule has 1 heterocycles. The third-order valence-corrected chi connectivity index (χ3v) is 5.03. The molecule has 0 amide bonds. The molecular weight excluding hydrogens is 343 g/mol. The van der Waals surface area contributed by atoms with Crippen LogP contribution in [0.4, 0.5) is 0 Å². The molecule has 28 heavy (non-hydrogen) atoms. The zero-order valence-corrected chi connectivity index (χ0v) is 16.3. The number of benzene rings is 3. The number of aromatic nitrogens is 2. The Morgan fingerprint density at radius 1 is 1.07 bits per heavy atom. The van der Waals surface area contributed by atoms with Gasteiger partial charge in [-0.15, -0.1) is 0 Å². The quantitative estimate of drug-likeness (QED) is 0.564. The molecule has 0 spiro atoms. The largest absolute Gasteiger partial charge is 1.00 e. The molecule has 0 unspecified atom stereocenters. The van der Waals surface area contributed by atoms with Crippen LogP contribution in [0.15, 0.2) is 67.0 Å². The van der Waals surface area contributed by atoms with Crippen molar-refractivity contribution in [1.29, 1.82) is 0 Å². The van der Waals surface area contributed by atoms with E-state index in [0.717, 1.165) is 27.8 Å². The van der Waals surface area contributed by atoms with Gasteiger partial charge in [0.05, 0.1) is 17.5 Å². The van der Waals surface area contributed by atoms with Crippen LogP contribution < -0.4 is 18.9 Å². The van der Waals surface area contributed by atoms with Crippen LogP contribution in [-0.2, 0) is 11.2 Å². The summed E-state index contributed by atoms with van der Waals surface area (Å²) < 4.78 is 2.02. The van der Waals surface area contributed by atoms with Crippen molar-refractivity contribution in [2.24, 2.45) is 0 Å². The molecule has 4 aromatic rings. The van der Waals surface area contributed by atoms with Crippen LogP contribution in [0.25, 0.3) is 27.8 Å². The van der Waals surface area contributed by atoms with Gasteiger partial charge in [0, 0.05) is 5.69 Å². The summed E-state index contributed by atoms with van der Waals surface area (Å²) in [5, 5.41) is 8.90. The van der Waals surface area contributed by atoms with Crippen molar-refractivity contribution in [2.75, 3.05) is 0 Å². The molecule has 136 valence electrons. The SMILES string of the molecule is Cc1cccc(-c2ccc3c(c2)ncn3-c2ccc(CC(=O)O)cc2)c1C.[H-].[Li+]. The van der Waals surface area contributed by atoms with Crippen molar-refractivity contribution in [3.05, 3.63) is 83.7 Å². The fourth-order valence-corrected chi connectivity index (χ4v) is 3.40. The summed E-state index contributed by atoms with van der Waals surface area (Å²) in [6.45, 7) is 4.27. The summed E-state index contributed by atoms with van der Waals surface area (Å²) in [4.78, 5) is 15.4. The van der Waals surface area contributed by atoms with E-state index in [1.54, 1.807) is 0 Å². The van der Waals surface area contributed by atoms with Crippen LogP contribution >= 0.6 is 0 Å². The molecule has 5 heteroatoms. The number of carboxylic acid groups (broad SMARTS) is 1. The van der Waals surface area contributed by atoms with Gasteiger partial charge in [0.2, 0.25) is 0 Å². The van der Waals surface area contributed by atoms with Crippen LogP contribution in [0.3, 0.4) is 0 Å². The van der Waals surface area contributed by atoms with E-state index in [9.17, 15) is 4.79 Å². The topological polar surface area (TPSA) is 55.1 Å².